The number of sulfonamides is 1. The molecule has 3 rings (SSSR count). The predicted molar refractivity (Wildman–Crippen MR) is 150 cm³/mol. The summed E-state index contributed by atoms with van der Waals surface area (Å²) in [6.45, 7) is 4.58. The Balaban J connectivity index is 1.84. The quantitative estimate of drug-likeness (QED) is 0.328. The molecular formula is C29H34ClN3O4S. The predicted octanol–water partition coefficient (Wildman–Crippen LogP) is 4.35. The van der Waals surface area contributed by atoms with Gasteiger partial charge in [0.15, 0.2) is 0 Å². The van der Waals surface area contributed by atoms with Crippen molar-refractivity contribution in [1.29, 1.82) is 0 Å². The van der Waals surface area contributed by atoms with Gasteiger partial charge < -0.3 is 10.2 Å². The number of hydrogen-bond donors (Lipinski definition) is 2. The molecule has 0 aromatic heterocycles. The van der Waals surface area contributed by atoms with E-state index in [-0.39, 0.29) is 29.7 Å². The van der Waals surface area contributed by atoms with E-state index >= 15 is 0 Å². The van der Waals surface area contributed by atoms with Gasteiger partial charge in [-0.05, 0) is 54.3 Å². The van der Waals surface area contributed by atoms with E-state index in [1.165, 1.54) is 12.1 Å². The van der Waals surface area contributed by atoms with Crippen LogP contribution in [-0.2, 0) is 39.0 Å². The molecule has 0 saturated carbocycles. The normalized spacial score (nSPS) is 12.1. The second-order valence-corrected chi connectivity index (χ2v) is 11.1. The number of nitrogens with zero attached hydrogens (tertiary/aromatic N) is 1. The molecule has 0 heterocycles. The number of nitrogens with one attached hydrogen (secondary N) is 2. The van der Waals surface area contributed by atoms with Crippen LogP contribution in [0.1, 0.15) is 37.0 Å². The number of benzene rings is 3. The highest BCUT2D eigenvalue weighted by atomic mass is 35.5. The highest BCUT2D eigenvalue weighted by Crippen LogP contribution is 2.19. The smallest absolute Gasteiger partial charge is 0.243 e. The van der Waals surface area contributed by atoms with Crippen LogP contribution in [0.4, 0.5) is 0 Å². The van der Waals surface area contributed by atoms with Crippen molar-refractivity contribution in [2.45, 2.75) is 50.6 Å². The maximum Gasteiger partial charge on any atom is 0.243 e. The second kappa shape index (κ2) is 14.1. The SMILES string of the molecule is CCNC(=O)[C@@H](Cc1ccccc1)N(Cc1ccc(Cl)cc1)C(=O)CCc1ccc(S(=O)(=O)NCC)cc1. The molecule has 7 nitrogen and oxygen atoms in total. The summed E-state index contributed by atoms with van der Waals surface area (Å²) in [4.78, 5) is 28.7. The highest BCUT2D eigenvalue weighted by Gasteiger charge is 2.30. The molecule has 38 heavy (non-hydrogen) atoms. The van der Waals surface area contributed by atoms with Crippen LogP contribution in [0.2, 0.25) is 5.02 Å². The van der Waals surface area contributed by atoms with Gasteiger partial charge in [-0.1, -0.05) is 73.1 Å². The van der Waals surface area contributed by atoms with Gasteiger partial charge in [-0.25, -0.2) is 13.1 Å². The van der Waals surface area contributed by atoms with Crippen LogP contribution in [-0.4, -0.2) is 44.3 Å². The van der Waals surface area contributed by atoms with Crippen LogP contribution in [0, 0.1) is 0 Å². The Hall–Kier alpha value is -3.20. The van der Waals surface area contributed by atoms with Gasteiger partial charge in [0.2, 0.25) is 21.8 Å². The van der Waals surface area contributed by atoms with Crippen LogP contribution in [0.3, 0.4) is 0 Å². The Morgan fingerprint density at radius 2 is 1.47 bits per heavy atom. The molecule has 0 radical (unpaired) electrons. The van der Waals surface area contributed by atoms with Crippen LogP contribution in [0.5, 0.6) is 0 Å². The molecule has 1 atom stereocenters. The first-order valence-electron chi connectivity index (χ1n) is 12.7. The molecular weight excluding hydrogens is 522 g/mol. The highest BCUT2D eigenvalue weighted by molar-refractivity contribution is 7.89. The lowest BCUT2D eigenvalue weighted by molar-refractivity contribution is -0.141. The van der Waals surface area contributed by atoms with Crippen LogP contribution < -0.4 is 10.0 Å². The minimum atomic E-state index is -3.54. The Morgan fingerprint density at radius 3 is 2.08 bits per heavy atom. The molecule has 0 fully saturated rings. The molecule has 2 amide bonds. The van der Waals surface area contributed by atoms with Gasteiger partial charge in [-0.3, -0.25) is 9.59 Å². The molecule has 0 saturated heterocycles. The lowest BCUT2D eigenvalue weighted by Crippen LogP contribution is -2.50. The summed E-state index contributed by atoms with van der Waals surface area (Å²) in [6.07, 6.45) is 0.950. The minimum Gasteiger partial charge on any atom is -0.355 e. The Bertz CT molecular complexity index is 1300. The van der Waals surface area contributed by atoms with E-state index in [0.29, 0.717) is 31.0 Å². The summed E-state index contributed by atoms with van der Waals surface area (Å²) in [5, 5.41) is 3.48. The topological polar surface area (TPSA) is 95.6 Å². The number of carbonyl (C=O) groups excluding carboxylic acids is 2. The molecule has 0 bridgehead atoms. The zero-order valence-electron chi connectivity index (χ0n) is 21.7. The molecule has 0 spiro atoms. The molecule has 0 unspecified atom stereocenters. The van der Waals surface area contributed by atoms with E-state index in [1.54, 1.807) is 36.1 Å². The zero-order chi connectivity index (χ0) is 27.5. The van der Waals surface area contributed by atoms with Crippen molar-refractivity contribution < 1.29 is 18.0 Å². The van der Waals surface area contributed by atoms with Crippen molar-refractivity contribution in [3.8, 4) is 0 Å². The van der Waals surface area contributed by atoms with Crippen molar-refractivity contribution >= 4 is 33.4 Å². The average molecular weight is 556 g/mol. The van der Waals surface area contributed by atoms with Gasteiger partial charge in [0.1, 0.15) is 6.04 Å². The third-order valence-corrected chi connectivity index (χ3v) is 7.90. The summed E-state index contributed by atoms with van der Waals surface area (Å²) in [5.41, 5.74) is 2.65. The van der Waals surface area contributed by atoms with E-state index in [2.05, 4.69) is 10.0 Å². The maximum absolute atomic E-state index is 13.7. The third-order valence-electron chi connectivity index (χ3n) is 6.08. The Morgan fingerprint density at radius 1 is 0.842 bits per heavy atom. The van der Waals surface area contributed by atoms with E-state index in [4.69, 9.17) is 11.6 Å². The Kier molecular flexibility index (Phi) is 10.9. The fourth-order valence-electron chi connectivity index (χ4n) is 4.14. The summed E-state index contributed by atoms with van der Waals surface area (Å²) < 4.78 is 26.9. The van der Waals surface area contributed by atoms with Gasteiger partial charge in [0.05, 0.1) is 4.90 Å². The number of hydrogen-bond acceptors (Lipinski definition) is 4. The van der Waals surface area contributed by atoms with E-state index in [1.807, 2.05) is 49.4 Å². The first kappa shape index (κ1) is 29.4. The molecule has 2 N–H and O–H groups in total. The van der Waals surface area contributed by atoms with E-state index in [9.17, 15) is 18.0 Å². The number of carbonyl (C=O) groups is 2. The van der Waals surface area contributed by atoms with Crippen LogP contribution >= 0.6 is 11.6 Å². The summed E-state index contributed by atoms with van der Waals surface area (Å²) in [6, 6.07) is 22.7. The molecule has 9 heteroatoms. The number of likely N-dealkylation sites (N-methyl/N-ethyl adjacent to an activating group) is 1. The first-order chi connectivity index (χ1) is 18.2. The summed E-state index contributed by atoms with van der Waals surface area (Å²) in [5.74, 6) is -0.381. The monoisotopic (exact) mass is 555 g/mol. The van der Waals surface area contributed by atoms with Crippen LogP contribution in [0.25, 0.3) is 0 Å². The summed E-state index contributed by atoms with van der Waals surface area (Å²) in [7, 11) is -3.54. The maximum atomic E-state index is 13.7. The summed E-state index contributed by atoms with van der Waals surface area (Å²) >= 11 is 6.06. The molecule has 3 aromatic carbocycles. The first-order valence-corrected chi connectivity index (χ1v) is 14.5. The number of rotatable bonds is 13. The van der Waals surface area contributed by atoms with Crippen molar-refractivity contribution in [3.63, 3.8) is 0 Å². The molecule has 0 aliphatic carbocycles. The standard InChI is InChI=1S/C29H34ClN3O4S/c1-3-31-29(35)27(20-23-8-6-5-7-9-23)33(21-24-10-15-25(30)16-11-24)28(34)19-14-22-12-17-26(18-13-22)38(36,37)32-4-2/h5-13,15-18,27,32H,3-4,14,19-21H2,1-2H3,(H,31,35)/t27-/m1/s1. The van der Waals surface area contributed by atoms with Crippen molar-refractivity contribution in [2.24, 2.45) is 0 Å². The molecule has 0 aliphatic heterocycles. The van der Waals surface area contributed by atoms with Gasteiger partial charge in [0.25, 0.3) is 0 Å². The van der Waals surface area contributed by atoms with Gasteiger partial charge in [0, 0.05) is 37.5 Å². The van der Waals surface area contributed by atoms with Crippen molar-refractivity contribution in [2.75, 3.05) is 13.1 Å². The van der Waals surface area contributed by atoms with E-state index in [0.717, 1.165) is 16.7 Å². The third kappa shape index (κ3) is 8.41. The molecule has 3 aromatic rings. The molecule has 202 valence electrons. The molecule has 0 aliphatic rings. The lowest BCUT2D eigenvalue weighted by Gasteiger charge is -2.31. The number of aryl methyl sites for hydroxylation is 1. The lowest BCUT2D eigenvalue weighted by atomic mass is 10.0. The second-order valence-electron chi connectivity index (χ2n) is 8.89. The largest absolute Gasteiger partial charge is 0.355 e. The van der Waals surface area contributed by atoms with Crippen LogP contribution in [0.15, 0.2) is 83.8 Å². The average Bonchev–Trinajstić information content (AvgIpc) is 2.91. The van der Waals surface area contributed by atoms with Crippen molar-refractivity contribution in [1.82, 2.24) is 14.9 Å². The minimum absolute atomic E-state index is 0.164. The fraction of sp³-hybridized carbons (Fsp3) is 0.310. The zero-order valence-corrected chi connectivity index (χ0v) is 23.3. The van der Waals surface area contributed by atoms with Gasteiger partial charge in [-0.2, -0.15) is 0 Å². The Labute approximate surface area is 230 Å². The van der Waals surface area contributed by atoms with Crippen molar-refractivity contribution in [3.05, 3.63) is 101 Å². The van der Waals surface area contributed by atoms with E-state index < -0.39 is 16.1 Å². The number of amides is 2. The fourth-order valence-corrected chi connectivity index (χ4v) is 5.30. The number of halogens is 1. The van der Waals surface area contributed by atoms with Gasteiger partial charge in [-0.15, -0.1) is 0 Å². The van der Waals surface area contributed by atoms with Gasteiger partial charge >= 0.3 is 0 Å².